The summed E-state index contributed by atoms with van der Waals surface area (Å²) in [5.74, 6) is -0.162. The summed E-state index contributed by atoms with van der Waals surface area (Å²) in [4.78, 5) is 43.4. The lowest BCUT2D eigenvalue weighted by molar-refractivity contribution is -0.118. The Kier molecular flexibility index (Phi) is 9.32. The van der Waals surface area contributed by atoms with Crippen LogP contribution in [-0.2, 0) is 11.3 Å². The van der Waals surface area contributed by atoms with E-state index in [0.717, 1.165) is 12.1 Å². The first-order valence-corrected chi connectivity index (χ1v) is 12.9. The van der Waals surface area contributed by atoms with Crippen molar-refractivity contribution in [3.63, 3.8) is 0 Å². The van der Waals surface area contributed by atoms with Crippen molar-refractivity contribution < 1.29 is 14.3 Å². The van der Waals surface area contributed by atoms with E-state index in [4.69, 9.17) is 16.3 Å². The van der Waals surface area contributed by atoms with Crippen molar-refractivity contribution in [1.29, 1.82) is 0 Å². The first-order chi connectivity index (χ1) is 17.6. The molecular weight excluding hydrogens is 492 g/mol. The molecule has 2 heterocycles. The normalized spacial score (nSPS) is 11.4. The van der Waals surface area contributed by atoms with E-state index in [-0.39, 0.29) is 41.7 Å². The quantitative estimate of drug-likeness (QED) is 0.300. The van der Waals surface area contributed by atoms with Gasteiger partial charge in [-0.05, 0) is 50.3 Å². The van der Waals surface area contributed by atoms with E-state index in [1.165, 1.54) is 6.20 Å². The predicted molar refractivity (Wildman–Crippen MR) is 146 cm³/mol. The number of Topliss-reactive ketones (excluding diaryl/α,β-unsaturated/α-hetero) is 1. The number of halogens is 1. The van der Waals surface area contributed by atoms with E-state index in [1.54, 1.807) is 10.7 Å². The monoisotopic (exact) mass is 526 g/mol. The number of ether oxygens (including phenoxy) is 1. The van der Waals surface area contributed by atoms with E-state index in [9.17, 15) is 14.4 Å². The summed E-state index contributed by atoms with van der Waals surface area (Å²) >= 11 is 6.04. The maximum absolute atomic E-state index is 13.3. The van der Waals surface area contributed by atoms with Crippen molar-refractivity contribution in [2.75, 3.05) is 11.9 Å². The van der Waals surface area contributed by atoms with Crippen LogP contribution in [0.3, 0.4) is 0 Å². The molecule has 0 atom stereocenters. The van der Waals surface area contributed by atoms with E-state index in [2.05, 4.69) is 10.3 Å². The molecule has 0 aliphatic carbocycles. The van der Waals surface area contributed by atoms with Crippen LogP contribution in [0.1, 0.15) is 69.4 Å². The Balaban J connectivity index is 1.73. The van der Waals surface area contributed by atoms with E-state index >= 15 is 0 Å². The molecule has 3 aromatic rings. The molecular formula is C28H35ClN4O4. The molecule has 1 aromatic carbocycles. The summed E-state index contributed by atoms with van der Waals surface area (Å²) in [6, 6.07) is 10.9. The molecule has 1 amide bonds. The second-order valence-corrected chi connectivity index (χ2v) is 10.2. The molecule has 0 fully saturated rings. The van der Waals surface area contributed by atoms with Crippen LogP contribution in [0.4, 0.5) is 5.69 Å². The largest absolute Gasteiger partial charge is 0.477 e. The van der Waals surface area contributed by atoms with Crippen LogP contribution in [0.2, 0.25) is 5.02 Å². The van der Waals surface area contributed by atoms with Gasteiger partial charge in [0.2, 0.25) is 11.8 Å². The Labute approximate surface area is 222 Å². The van der Waals surface area contributed by atoms with Crippen molar-refractivity contribution in [1.82, 2.24) is 14.3 Å². The molecule has 0 saturated carbocycles. The number of nitrogens with zero attached hydrogens (tertiary/aromatic N) is 3. The van der Waals surface area contributed by atoms with Crippen LogP contribution in [0.25, 0.3) is 5.69 Å². The molecule has 0 aliphatic heterocycles. The molecule has 37 heavy (non-hydrogen) atoms. The first-order valence-electron chi connectivity index (χ1n) is 12.6. The molecule has 8 nitrogen and oxygen atoms in total. The third-order valence-corrected chi connectivity index (χ3v) is 6.37. The van der Waals surface area contributed by atoms with Crippen molar-refractivity contribution in [3.05, 3.63) is 69.2 Å². The van der Waals surface area contributed by atoms with Gasteiger partial charge in [-0.25, -0.2) is 9.67 Å². The maximum Gasteiger partial charge on any atom is 0.295 e. The fourth-order valence-electron chi connectivity index (χ4n) is 4.27. The average molecular weight is 527 g/mol. The van der Waals surface area contributed by atoms with E-state index in [1.807, 2.05) is 69.6 Å². The zero-order chi connectivity index (χ0) is 27.2. The molecule has 0 unspecified atom stereocenters. The topological polar surface area (TPSA) is 95.2 Å². The Morgan fingerprint density at radius 1 is 1.16 bits per heavy atom. The highest BCUT2D eigenvalue weighted by molar-refractivity contribution is 6.30. The zero-order valence-electron chi connectivity index (χ0n) is 22.1. The number of rotatable bonds is 12. The molecule has 0 bridgehead atoms. The maximum atomic E-state index is 13.3. The van der Waals surface area contributed by atoms with Crippen LogP contribution in [0.15, 0.2) is 47.4 Å². The number of benzene rings is 1. The van der Waals surface area contributed by atoms with Gasteiger partial charge in [0.25, 0.3) is 5.56 Å². The number of amides is 1. The Hall–Kier alpha value is -3.39. The lowest BCUT2D eigenvalue weighted by atomic mass is 9.83. The fraction of sp³-hybridized carbons (Fsp3) is 0.429. The van der Waals surface area contributed by atoms with Gasteiger partial charge in [0.05, 0.1) is 28.6 Å². The van der Waals surface area contributed by atoms with Gasteiger partial charge < -0.3 is 10.1 Å². The second-order valence-electron chi connectivity index (χ2n) is 9.79. The van der Waals surface area contributed by atoms with Crippen LogP contribution < -0.4 is 15.6 Å². The SMILES string of the molecule is CCCn1c(C)c(NC(=O)CC(C)(C)CCC(=O)c2cc(Cl)cnc2OCC)c(=O)n1-c1ccccc1. The third kappa shape index (κ3) is 6.89. The summed E-state index contributed by atoms with van der Waals surface area (Å²) in [5, 5.41) is 3.21. The molecule has 0 saturated heterocycles. The van der Waals surface area contributed by atoms with Crippen molar-refractivity contribution >= 4 is 29.0 Å². The number of carbonyl (C=O) groups excluding carboxylic acids is 2. The fourth-order valence-corrected chi connectivity index (χ4v) is 4.43. The molecule has 9 heteroatoms. The zero-order valence-corrected chi connectivity index (χ0v) is 22.9. The second kappa shape index (κ2) is 12.2. The standard InChI is InChI=1S/C28H35ClN4O4/c1-6-15-32-19(3)25(27(36)33(32)21-11-9-8-10-12-21)31-24(35)17-28(4,5)14-13-23(34)22-16-20(29)18-30-26(22)37-7-2/h8-12,16,18H,6-7,13-15,17H2,1-5H3,(H,31,35). The summed E-state index contributed by atoms with van der Waals surface area (Å²) in [6.45, 7) is 10.6. The molecule has 1 N–H and O–H groups in total. The predicted octanol–water partition coefficient (Wildman–Crippen LogP) is 5.82. The van der Waals surface area contributed by atoms with Crippen LogP contribution in [0.5, 0.6) is 5.88 Å². The molecule has 0 radical (unpaired) electrons. The summed E-state index contributed by atoms with van der Waals surface area (Å²) in [6.07, 6.45) is 3.09. The third-order valence-electron chi connectivity index (χ3n) is 6.16. The van der Waals surface area contributed by atoms with Crippen LogP contribution >= 0.6 is 11.6 Å². The van der Waals surface area contributed by atoms with Gasteiger partial charge in [-0.1, -0.05) is 50.6 Å². The molecule has 2 aromatic heterocycles. The van der Waals surface area contributed by atoms with E-state index in [0.29, 0.717) is 35.9 Å². The van der Waals surface area contributed by atoms with Gasteiger partial charge in [-0.3, -0.25) is 19.1 Å². The summed E-state index contributed by atoms with van der Waals surface area (Å²) < 4.78 is 8.97. The molecule has 0 spiro atoms. The Morgan fingerprint density at radius 3 is 2.51 bits per heavy atom. The smallest absolute Gasteiger partial charge is 0.295 e. The summed E-state index contributed by atoms with van der Waals surface area (Å²) in [5.41, 5.74) is 1.30. The Bertz CT molecular complexity index is 1310. The van der Waals surface area contributed by atoms with Crippen molar-refractivity contribution in [2.45, 2.75) is 66.8 Å². The first kappa shape index (κ1) is 28.2. The average Bonchev–Trinajstić information content (AvgIpc) is 3.08. The van der Waals surface area contributed by atoms with Gasteiger partial charge >= 0.3 is 0 Å². The molecule has 3 rings (SSSR count). The summed E-state index contributed by atoms with van der Waals surface area (Å²) in [7, 11) is 0. The highest BCUT2D eigenvalue weighted by Gasteiger charge is 2.27. The highest BCUT2D eigenvalue weighted by atomic mass is 35.5. The van der Waals surface area contributed by atoms with Gasteiger partial charge in [-0.15, -0.1) is 0 Å². The van der Waals surface area contributed by atoms with Crippen molar-refractivity contribution in [3.8, 4) is 11.6 Å². The number of hydrogen-bond acceptors (Lipinski definition) is 5. The number of carbonyl (C=O) groups is 2. The minimum atomic E-state index is -0.490. The van der Waals surface area contributed by atoms with Gasteiger partial charge in [0.15, 0.2) is 5.78 Å². The number of aromatic nitrogens is 3. The lowest BCUT2D eigenvalue weighted by Crippen LogP contribution is -2.26. The van der Waals surface area contributed by atoms with Gasteiger partial charge in [-0.2, -0.15) is 0 Å². The number of ketones is 1. The van der Waals surface area contributed by atoms with Gasteiger partial charge in [0, 0.05) is 25.6 Å². The number of nitrogens with one attached hydrogen (secondary N) is 1. The van der Waals surface area contributed by atoms with Crippen LogP contribution in [0, 0.1) is 12.3 Å². The Morgan fingerprint density at radius 2 is 1.86 bits per heavy atom. The van der Waals surface area contributed by atoms with E-state index < -0.39 is 5.41 Å². The minimum Gasteiger partial charge on any atom is -0.477 e. The number of para-hydroxylation sites is 1. The van der Waals surface area contributed by atoms with Crippen molar-refractivity contribution in [2.24, 2.45) is 5.41 Å². The minimum absolute atomic E-state index is 0.148. The number of pyridine rings is 1. The number of hydrogen-bond donors (Lipinski definition) is 1. The highest BCUT2D eigenvalue weighted by Crippen LogP contribution is 2.30. The number of anilines is 1. The van der Waals surface area contributed by atoms with Gasteiger partial charge in [0.1, 0.15) is 5.69 Å². The molecule has 0 aliphatic rings. The molecule has 198 valence electrons. The van der Waals surface area contributed by atoms with Crippen LogP contribution in [-0.4, -0.2) is 32.6 Å². The lowest BCUT2D eigenvalue weighted by Gasteiger charge is -2.23.